The van der Waals surface area contributed by atoms with Crippen LogP contribution >= 0.6 is 0 Å². The number of carbonyl (C=O) groups excluding carboxylic acids is 5. The van der Waals surface area contributed by atoms with Crippen molar-refractivity contribution in [3.8, 4) is 0 Å². The summed E-state index contributed by atoms with van der Waals surface area (Å²) in [6.45, 7) is 6.36. The van der Waals surface area contributed by atoms with Crippen molar-refractivity contribution in [2.75, 3.05) is 13.7 Å². The highest BCUT2D eigenvalue weighted by Crippen LogP contribution is 2.39. The Balaban J connectivity index is 1.86. The third kappa shape index (κ3) is 8.60. The van der Waals surface area contributed by atoms with Crippen molar-refractivity contribution >= 4 is 29.6 Å². The number of likely N-dealkylation sites (tertiary alicyclic amines) is 1. The predicted octanol–water partition coefficient (Wildman–Crippen LogP) is 2.93. The number of nitrogens with one attached hydrogen (secondary N) is 3. The average molecular weight is 571 g/mol. The minimum absolute atomic E-state index is 0.119. The first-order valence-electron chi connectivity index (χ1n) is 14.3. The maximum Gasteiger partial charge on any atom is 0.407 e. The molecule has 10 nitrogen and oxygen atoms in total. The lowest BCUT2D eigenvalue weighted by Gasteiger charge is -2.47. The Labute approximate surface area is 234 Å². The Bertz CT molecular complexity index is 975. The van der Waals surface area contributed by atoms with Gasteiger partial charge in [-0.2, -0.15) is 0 Å². The van der Waals surface area contributed by atoms with E-state index in [1.54, 1.807) is 20.8 Å². The Morgan fingerprint density at radius 2 is 1.57 bits per heavy atom. The van der Waals surface area contributed by atoms with E-state index in [9.17, 15) is 32.8 Å². The van der Waals surface area contributed by atoms with Crippen LogP contribution < -0.4 is 16.0 Å². The largest absolute Gasteiger partial charge is 0.453 e. The van der Waals surface area contributed by atoms with Crippen molar-refractivity contribution in [3.05, 3.63) is 0 Å². The van der Waals surface area contributed by atoms with Crippen molar-refractivity contribution in [2.45, 2.75) is 116 Å². The first-order chi connectivity index (χ1) is 18.6. The molecule has 2 saturated carbocycles. The maximum absolute atomic E-state index is 13.9. The molecule has 0 radical (unpaired) electrons. The van der Waals surface area contributed by atoms with E-state index in [0.717, 1.165) is 38.5 Å². The van der Waals surface area contributed by atoms with Crippen LogP contribution in [0.1, 0.15) is 85.5 Å². The Morgan fingerprint density at radius 1 is 0.950 bits per heavy atom. The van der Waals surface area contributed by atoms with Gasteiger partial charge in [-0.3, -0.25) is 19.2 Å². The number of rotatable bonds is 10. The van der Waals surface area contributed by atoms with Crippen LogP contribution in [0.2, 0.25) is 0 Å². The average Bonchev–Trinajstić information content (AvgIpc) is 3.70. The molecule has 0 unspecified atom stereocenters. The summed E-state index contributed by atoms with van der Waals surface area (Å²) in [6, 6.07) is -3.56. The number of alkyl carbamates (subject to hydrolysis) is 1. The molecule has 1 aliphatic heterocycles. The second-order valence-electron chi connectivity index (χ2n) is 12.8. The number of hydrogen-bond donors (Lipinski definition) is 3. The molecule has 3 N–H and O–H groups in total. The molecule has 0 aromatic carbocycles. The monoisotopic (exact) mass is 570 g/mol. The Morgan fingerprint density at radius 3 is 2.12 bits per heavy atom. The van der Waals surface area contributed by atoms with Crippen molar-refractivity contribution in [1.29, 1.82) is 0 Å². The zero-order valence-electron chi connectivity index (χ0n) is 24.2. The number of fused-ring (bicyclic) bond motifs is 1. The molecule has 226 valence electrons. The quantitative estimate of drug-likeness (QED) is 0.346. The smallest absolute Gasteiger partial charge is 0.407 e. The van der Waals surface area contributed by atoms with Gasteiger partial charge < -0.3 is 25.6 Å². The molecule has 0 bridgehead atoms. The third-order valence-electron chi connectivity index (χ3n) is 8.19. The minimum atomic E-state index is -3.10. The van der Waals surface area contributed by atoms with Crippen LogP contribution in [0.25, 0.3) is 0 Å². The number of methoxy groups -OCH3 is 1. The molecule has 1 saturated heterocycles. The predicted molar refractivity (Wildman–Crippen MR) is 142 cm³/mol. The van der Waals surface area contributed by atoms with Crippen LogP contribution in [0.15, 0.2) is 0 Å². The van der Waals surface area contributed by atoms with E-state index in [-0.39, 0.29) is 17.9 Å². The fourth-order valence-corrected chi connectivity index (χ4v) is 5.69. The standard InChI is InChI=1S/C28H44F2N4O6/c1-27(2,3)22(33-26(39)40-5)25(38)34-15-17-9-7-6-8-16(17)14-20(34)23(36)32-19(12-13-28(4,29)30)21(35)24(37)31-18-10-11-18/h16-20,22H,6-15H2,1-5H3,(H,31,37)(H,32,36)(H,33,39)/t16-,17+,19-,20-,22+/m0/s1. The number of alkyl halides is 2. The van der Waals surface area contributed by atoms with Gasteiger partial charge in [-0.15, -0.1) is 0 Å². The van der Waals surface area contributed by atoms with Gasteiger partial charge in [0.2, 0.25) is 23.5 Å². The molecular formula is C28H44F2N4O6. The number of ether oxygens (including phenoxy) is 1. The molecule has 3 aliphatic rings. The molecule has 12 heteroatoms. The minimum Gasteiger partial charge on any atom is -0.453 e. The number of ketones is 1. The number of hydrogen-bond acceptors (Lipinski definition) is 6. The summed E-state index contributed by atoms with van der Waals surface area (Å²) in [6.07, 6.45) is 3.73. The van der Waals surface area contributed by atoms with Gasteiger partial charge >= 0.3 is 6.09 Å². The number of carbonyl (C=O) groups is 5. The zero-order chi connectivity index (χ0) is 29.8. The van der Waals surface area contributed by atoms with E-state index in [0.29, 0.717) is 19.9 Å². The first kappa shape index (κ1) is 31.7. The molecular weight excluding hydrogens is 526 g/mol. The molecule has 5 atom stereocenters. The van der Waals surface area contributed by atoms with Crippen molar-refractivity contribution < 1.29 is 37.5 Å². The van der Waals surface area contributed by atoms with E-state index in [1.165, 1.54) is 12.0 Å². The first-order valence-corrected chi connectivity index (χ1v) is 14.3. The summed E-state index contributed by atoms with van der Waals surface area (Å²) in [4.78, 5) is 66.7. The second-order valence-corrected chi connectivity index (χ2v) is 12.8. The maximum atomic E-state index is 13.9. The van der Waals surface area contributed by atoms with E-state index in [4.69, 9.17) is 4.74 Å². The Kier molecular flexibility index (Phi) is 10.2. The summed E-state index contributed by atoms with van der Waals surface area (Å²) in [5.74, 6) is -5.75. The SMILES string of the molecule is COC(=O)N[C@H](C(=O)N1C[C@H]2CCCC[C@H]2C[C@H]1C(=O)N[C@@H](CCC(C)(F)F)C(=O)C(=O)NC1CC1)C(C)(C)C. The summed E-state index contributed by atoms with van der Waals surface area (Å²) in [5.41, 5.74) is -0.720. The molecule has 0 aromatic heterocycles. The summed E-state index contributed by atoms with van der Waals surface area (Å²) in [7, 11) is 1.19. The molecule has 3 fully saturated rings. The van der Waals surface area contributed by atoms with E-state index in [2.05, 4.69) is 16.0 Å². The van der Waals surface area contributed by atoms with Crippen molar-refractivity contribution in [2.24, 2.45) is 17.3 Å². The van der Waals surface area contributed by atoms with Gasteiger partial charge in [-0.25, -0.2) is 13.6 Å². The molecule has 0 aromatic rings. The number of piperidine rings is 1. The van der Waals surface area contributed by atoms with Gasteiger partial charge in [0.1, 0.15) is 12.1 Å². The lowest BCUT2D eigenvalue weighted by atomic mass is 9.72. The third-order valence-corrected chi connectivity index (χ3v) is 8.19. The molecule has 40 heavy (non-hydrogen) atoms. The van der Waals surface area contributed by atoms with Crippen LogP contribution in [0.3, 0.4) is 0 Å². The second kappa shape index (κ2) is 12.8. The van der Waals surface area contributed by atoms with Gasteiger partial charge in [-0.1, -0.05) is 40.0 Å². The number of halogens is 2. The number of Topliss-reactive ketones (excluding diaryl/α,β-unsaturated/α-hetero) is 1. The lowest BCUT2D eigenvalue weighted by molar-refractivity contribution is -0.150. The molecule has 0 spiro atoms. The molecule has 1 heterocycles. The van der Waals surface area contributed by atoms with Gasteiger partial charge in [0.05, 0.1) is 13.2 Å². The van der Waals surface area contributed by atoms with Crippen LogP contribution in [0, 0.1) is 17.3 Å². The van der Waals surface area contributed by atoms with E-state index >= 15 is 0 Å². The fraction of sp³-hybridized carbons (Fsp3) is 0.821. The van der Waals surface area contributed by atoms with Gasteiger partial charge in [0, 0.05) is 19.0 Å². The van der Waals surface area contributed by atoms with E-state index < -0.39 is 71.9 Å². The van der Waals surface area contributed by atoms with Gasteiger partial charge in [0.15, 0.2) is 0 Å². The summed E-state index contributed by atoms with van der Waals surface area (Å²) < 4.78 is 32.2. The fourth-order valence-electron chi connectivity index (χ4n) is 5.69. The van der Waals surface area contributed by atoms with Crippen molar-refractivity contribution in [3.63, 3.8) is 0 Å². The number of nitrogens with zero attached hydrogens (tertiary/aromatic N) is 1. The van der Waals surface area contributed by atoms with Crippen molar-refractivity contribution in [1.82, 2.24) is 20.9 Å². The zero-order valence-corrected chi connectivity index (χ0v) is 24.2. The molecule has 4 amide bonds. The molecule has 3 rings (SSSR count). The van der Waals surface area contributed by atoms with Gasteiger partial charge in [0.25, 0.3) is 5.91 Å². The molecule has 2 aliphatic carbocycles. The van der Waals surface area contributed by atoms with Crippen LogP contribution in [0.5, 0.6) is 0 Å². The highest BCUT2D eigenvalue weighted by molar-refractivity contribution is 6.38. The lowest BCUT2D eigenvalue weighted by Crippen LogP contribution is -2.64. The highest BCUT2D eigenvalue weighted by atomic mass is 19.3. The topological polar surface area (TPSA) is 134 Å². The van der Waals surface area contributed by atoms with Crippen LogP contribution in [0.4, 0.5) is 13.6 Å². The number of amides is 4. The summed E-state index contributed by atoms with van der Waals surface area (Å²) >= 11 is 0. The van der Waals surface area contributed by atoms with Crippen LogP contribution in [-0.2, 0) is 23.9 Å². The normalized spacial score (nSPS) is 24.7. The Hall–Kier alpha value is -2.79. The highest BCUT2D eigenvalue weighted by Gasteiger charge is 2.47. The summed E-state index contributed by atoms with van der Waals surface area (Å²) in [5, 5.41) is 7.71. The van der Waals surface area contributed by atoms with Gasteiger partial charge in [-0.05, 0) is 56.3 Å². The van der Waals surface area contributed by atoms with E-state index in [1.807, 2.05) is 0 Å². The van der Waals surface area contributed by atoms with Crippen LogP contribution in [-0.4, -0.2) is 78.2 Å².